The second-order valence-electron chi connectivity index (χ2n) is 7.76. The number of hydrogen-bond donors (Lipinski definition) is 1. The van der Waals surface area contributed by atoms with Crippen molar-refractivity contribution in [2.45, 2.75) is 19.1 Å². The number of sulfonamides is 1. The Morgan fingerprint density at radius 1 is 1.00 bits per heavy atom. The van der Waals surface area contributed by atoms with Crippen molar-refractivity contribution in [2.75, 3.05) is 17.1 Å². The van der Waals surface area contributed by atoms with Crippen LogP contribution in [0.1, 0.15) is 28.3 Å². The number of carbonyl (C=O) groups is 1. The van der Waals surface area contributed by atoms with Crippen LogP contribution in [0.2, 0.25) is 5.02 Å². The average Bonchev–Trinajstić information content (AvgIpc) is 2.75. The number of hydrogen-bond acceptors (Lipinski definition) is 3. The van der Waals surface area contributed by atoms with Gasteiger partial charge in [-0.05, 0) is 36.2 Å². The average molecular weight is 511 g/mol. The maximum atomic E-state index is 13.2. The lowest BCUT2D eigenvalue weighted by Gasteiger charge is -2.26. The normalized spacial score (nSPS) is 12.8. The number of rotatable bonds is 7. The van der Waals surface area contributed by atoms with Crippen LogP contribution in [-0.2, 0) is 21.0 Å². The third kappa shape index (κ3) is 6.30. The van der Waals surface area contributed by atoms with Crippen molar-refractivity contribution in [3.05, 3.63) is 100 Å². The van der Waals surface area contributed by atoms with Gasteiger partial charge >= 0.3 is 6.18 Å². The van der Waals surface area contributed by atoms with E-state index in [4.69, 9.17) is 11.6 Å². The number of carbonyl (C=O) groups excluding carboxylic acids is 1. The summed E-state index contributed by atoms with van der Waals surface area (Å²) in [6, 6.07) is 18.2. The van der Waals surface area contributed by atoms with E-state index >= 15 is 0 Å². The Labute approximate surface area is 201 Å². The quantitative estimate of drug-likeness (QED) is 0.466. The third-order valence-electron chi connectivity index (χ3n) is 5.04. The lowest BCUT2D eigenvalue weighted by molar-refractivity contribution is -0.137. The van der Waals surface area contributed by atoms with Gasteiger partial charge in [0.1, 0.15) is 6.54 Å². The summed E-state index contributed by atoms with van der Waals surface area (Å²) in [6.07, 6.45) is -3.92. The zero-order valence-corrected chi connectivity index (χ0v) is 19.9. The summed E-state index contributed by atoms with van der Waals surface area (Å²) < 4.78 is 65.1. The molecule has 1 atom stereocenters. The maximum absolute atomic E-state index is 13.2. The van der Waals surface area contributed by atoms with Crippen LogP contribution >= 0.6 is 11.6 Å². The van der Waals surface area contributed by atoms with Crippen molar-refractivity contribution in [2.24, 2.45) is 0 Å². The van der Waals surface area contributed by atoms with Gasteiger partial charge in [-0.2, -0.15) is 13.2 Å². The monoisotopic (exact) mass is 510 g/mol. The molecule has 5 nitrogen and oxygen atoms in total. The molecule has 0 aliphatic carbocycles. The molecule has 0 radical (unpaired) electrons. The van der Waals surface area contributed by atoms with Crippen LogP contribution in [0.5, 0.6) is 0 Å². The van der Waals surface area contributed by atoms with Gasteiger partial charge in [0.15, 0.2) is 0 Å². The van der Waals surface area contributed by atoms with Crippen LogP contribution in [-0.4, -0.2) is 27.1 Å². The molecule has 3 aromatic carbocycles. The molecule has 0 fully saturated rings. The minimum atomic E-state index is -4.71. The number of amides is 1. The number of aryl methyl sites for hydroxylation is 1. The molecule has 0 heterocycles. The molecule has 0 aliphatic heterocycles. The van der Waals surface area contributed by atoms with E-state index in [0.29, 0.717) is 10.4 Å². The largest absolute Gasteiger partial charge is 0.416 e. The van der Waals surface area contributed by atoms with Crippen molar-refractivity contribution in [1.29, 1.82) is 0 Å². The van der Waals surface area contributed by atoms with Crippen LogP contribution in [0.3, 0.4) is 0 Å². The van der Waals surface area contributed by atoms with Crippen molar-refractivity contribution in [1.82, 2.24) is 5.32 Å². The van der Waals surface area contributed by atoms with Crippen LogP contribution in [0.4, 0.5) is 18.9 Å². The number of nitrogens with one attached hydrogen (secondary N) is 1. The number of nitrogens with zero attached hydrogens (tertiary/aromatic N) is 1. The highest BCUT2D eigenvalue weighted by atomic mass is 35.5. The van der Waals surface area contributed by atoms with Gasteiger partial charge in [0.25, 0.3) is 0 Å². The number of alkyl halides is 3. The molecule has 3 aromatic rings. The summed E-state index contributed by atoms with van der Waals surface area (Å²) in [5.41, 5.74) is 0.969. The van der Waals surface area contributed by atoms with Crippen molar-refractivity contribution in [3.8, 4) is 0 Å². The Kier molecular flexibility index (Phi) is 7.57. The van der Waals surface area contributed by atoms with E-state index in [1.807, 2.05) is 49.4 Å². The minimum Gasteiger partial charge on any atom is -0.344 e. The Morgan fingerprint density at radius 2 is 1.65 bits per heavy atom. The molecule has 1 amide bonds. The molecule has 0 aromatic heterocycles. The summed E-state index contributed by atoms with van der Waals surface area (Å²) in [5, 5.41) is 2.57. The van der Waals surface area contributed by atoms with Crippen molar-refractivity contribution >= 4 is 33.2 Å². The highest BCUT2D eigenvalue weighted by Gasteiger charge is 2.33. The summed E-state index contributed by atoms with van der Waals surface area (Å²) in [7, 11) is -4.15. The maximum Gasteiger partial charge on any atom is 0.416 e. The lowest BCUT2D eigenvalue weighted by Crippen LogP contribution is -2.42. The standard InChI is InChI=1S/C24H22ClF3N2O3S/c1-16-7-6-10-18(13-16)23(17-8-4-3-5-9-17)29-22(31)15-30(34(2,32)33)21-14-19(24(26,27)28)11-12-20(21)25/h3-14,23H,15H2,1-2H3,(H,29,31). The molecule has 3 rings (SSSR count). The summed E-state index contributed by atoms with van der Waals surface area (Å²) in [6.45, 7) is 1.14. The van der Waals surface area contributed by atoms with Gasteiger partial charge in [-0.3, -0.25) is 9.10 Å². The Bertz CT molecular complexity index is 1280. The molecule has 0 aliphatic rings. The second-order valence-corrected chi connectivity index (χ2v) is 10.1. The molecular weight excluding hydrogens is 489 g/mol. The molecule has 1 N–H and O–H groups in total. The van der Waals surface area contributed by atoms with Crippen LogP contribution in [0.25, 0.3) is 0 Å². The first-order chi connectivity index (χ1) is 15.9. The molecule has 0 bridgehead atoms. The van der Waals surface area contributed by atoms with E-state index in [9.17, 15) is 26.4 Å². The molecule has 1 unspecified atom stereocenters. The molecular formula is C24H22ClF3N2O3S. The molecule has 0 saturated carbocycles. The highest BCUT2D eigenvalue weighted by Crippen LogP contribution is 2.36. The van der Waals surface area contributed by atoms with Gasteiger partial charge in [0.2, 0.25) is 15.9 Å². The summed E-state index contributed by atoms with van der Waals surface area (Å²) in [5.74, 6) is -0.714. The summed E-state index contributed by atoms with van der Waals surface area (Å²) >= 11 is 6.04. The van der Waals surface area contributed by atoms with E-state index < -0.39 is 45.9 Å². The van der Waals surface area contributed by atoms with E-state index in [-0.39, 0.29) is 5.02 Å². The molecule has 0 spiro atoms. The van der Waals surface area contributed by atoms with Crippen molar-refractivity contribution in [3.63, 3.8) is 0 Å². The van der Waals surface area contributed by atoms with Gasteiger partial charge in [0, 0.05) is 0 Å². The van der Waals surface area contributed by atoms with E-state index in [2.05, 4.69) is 5.32 Å². The first-order valence-electron chi connectivity index (χ1n) is 10.1. The first-order valence-corrected chi connectivity index (χ1v) is 12.3. The van der Waals surface area contributed by atoms with Gasteiger partial charge in [-0.1, -0.05) is 71.8 Å². The lowest BCUT2D eigenvalue weighted by atomic mass is 9.97. The highest BCUT2D eigenvalue weighted by molar-refractivity contribution is 7.92. The fourth-order valence-corrected chi connectivity index (χ4v) is 4.58. The molecule has 0 saturated heterocycles. The zero-order valence-electron chi connectivity index (χ0n) is 18.3. The van der Waals surface area contributed by atoms with Crippen molar-refractivity contribution < 1.29 is 26.4 Å². The Balaban J connectivity index is 1.96. The van der Waals surface area contributed by atoms with Crippen LogP contribution < -0.4 is 9.62 Å². The SMILES string of the molecule is Cc1cccc(C(NC(=O)CN(c2cc(C(F)(F)F)ccc2Cl)S(C)(=O)=O)c2ccccc2)c1. The zero-order chi connectivity index (χ0) is 25.1. The number of benzene rings is 3. The third-order valence-corrected chi connectivity index (χ3v) is 6.49. The van der Waals surface area contributed by atoms with Crippen LogP contribution in [0.15, 0.2) is 72.8 Å². The minimum absolute atomic E-state index is 0.232. The summed E-state index contributed by atoms with van der Waals surface area (Å²) in [4.78, 5) is 13.0. The molecule has 34 heavy (non-hydrogen) atoms. The Morgan fingerprint density at radius 3 is 2.24 bits per heavy atom. The molecule has 180 valence electrons. The van der Waals surface area contributed by atoms with E-state index in [1.165, 1.54) is 0 Å². The second kappa shape index (κ2) is 10.1. The first kappa shape index (κ1) is 25.6. The predicted molar refractivity (Wildman–Crippen MR) is 126 cm³/mol. The topological polar surface area (TPSA) is 66.5 Å². The van der Waals surface area contributed by atoms with E-state index in [0.717, 1.165) is 35.1 Å². The van der Waals surface area contributed by atoms with Gasteiger partial charge < -0.3 is 5.32 Å². The Hall–Kier alpha value is -3.04. The van der Waals surface area contributed by atoms with Gasteiger partial charge in [-0.25, -0.2) is 8.42 Å². The number of anilines is 1. The van der Waals surface area contributed by atoms with Crippen LogP contribution in [0, 0.1) is 6.92 Å². The van der Waals surface area contributed by atoms with Gasteiger partial charge in [0.05, 0.1) is 28.6 Å². The fraction of sp³-hybridized carbons (Fsp3) is 0.208. The predicted octanol–water partition coefficient (Wildman–Crippen LogP) is 5.34. The fourth-order valence-electron chi connectivity index (χ4n) is 3.45. The smallest absolute Gasteiger partial charge is 0.344 e. The van der Waals surface area contributed by atoms with E-state index in [1.54, 1.807) is 12.1 Å². The van der Waals surface area contributed by atoms with Gasteiger partial charge in [-0.15, -0.1) is 0 Å². The molecule has 10 heteroatoms. The number of halogens is 4.